The van der Waals surface area contributed by atoms with E-state index in [1.807, 2.05) is 0 Å². The zero-order valence-electron chi connectivity index (χ0n) is 15.3. The number of carbonyl (C=O) groups excluding carboxylic acids is 2. The normalized spacial score (nSPS) is 25.8. The number of nitrogens with one attached hydrogen (secondary N) is 2. The Morgan fingerprint density at radius 2 is 1.93 bits per heavy atom. The summed E-state index contributed by atoms with van der Waals surface area (Å²) in [5, 5.41) is 14.4. The Morgan fingerprint density at radius 1 is 1.14 bits per heavy atom. The molecule has 1 aromatic rings. The molecule has 2 fully saturated rings. The van der Waals surface area contributed by atoms with Gasteiger partial charge in [-0.1, -0.05) is 12.8 Å². The lowest BCUT2D eigenvalue weighted by Gasteiger charge is -2.32. The van der Waals surface area contributed by atoms with Gasteiger partial charge in [0.1, 0.15) is 6.04 Å². The molecule has 1 aromatic carbocycles. The van der Waals surface area contributed by atoms with Crippen molar-refractivity contribution in [3.05, 3.63) is 18.2 Å². The van der Waals surface area contributed by atoms with E-state index in [0.717, 1.165) is 25.7 Å². The molecular formula is C19H23N3O6. The van der Waals surface area contributed by atoms with Crippen molar-refractivity contribution >= 4 is 23.6 Å². The Morgan fingerprint density at radius 3 is 2.75 bits per heavy atom. The van der Waals surface area contributed by atoms with Crippen molar-refractivity contribution in [2.24, 2.45) is 5.92 Å². The molecule has 3 unspecified atom stereocenters. The smallest absolute Gasteiger partial charge is 0.325 e. The molecule has 150 valence electrons. The van der Waals surface area contributed by atoms with Crippen molar-refractivity contribution in [1.29, 1.82) is 0 Å². The third-order valence-electron chi connectivity index (χ3n) is 5.72. The molecule has 9 heteroatoms. The number of anilines is 1. The van der Waals surface area contributed by atoms with E-state index in [2.05, 4.69) is 10.6 Å². The van der Waals surface area contributed by atoms with Crippen LogP contribution in [0.1, 0.15) is 32.1 Å². The number of hydrogen-bond donors (Lipinski definition) is 3. The SMILES string of the molecule is O=C(CN1C(C(=O)O)CC2CCCCC21)NC(=O)Nc1ccc2c(c1)OCO2. The van der Waals surface area contributed by atoms with Crippen molar-refractivity contribution in [3.63, 3.8) is 0 Å². The molecule has 9 nitrogen and oxygen atoms in total. The van der Waals surface area contributed by atoms with Gasteiger partial charge in [0.05, 0.1) is 6.54 Å². The molecule has 3 atom stereocenters. The van der Waals surface area contributed by atoms with Crippen LogP contribution in [0.4, 0.5) is 10.5 Å². The summed E-state index contributed by atoms with van der Waals surface area (Å²) in [6.07, 6.45) is 4.60. The Kier molecular flexibility index (Phi) is 5.08. The molecule has 4 rings (SSSR count). The summed E-state index contributed by atoms with van der Waals surface area (Å²) in [5.74, 6) is -0.000474. The van der Waals surface area contributed by atoms with Crippen molar-refractivity contribution < 1.29 is 29.0 Å². The number of benzene rings is 1. The van der Waals surface area contributed by atoms with Gasteiger partial charge in [0.25, 0.3) is 0 Å². The van der Waals surface area contributed by atoms with Crippen molar-refractivity contribution in [2.45, 2.75) is 44.2 Å². The highest BCUT2D eigenvalue weighted by Gasteiger charge is 2.45. The number of aliphatic carboxylic acids is 1. The number of nitrogens with zero attached hydrogens (tertiary/aromatic N) is 1. The molecule has 0 radical (unpaired) electrons. The molecule has 1 aliphatic carbocycles. The van der Waals surface area contributed by atoms with Gasteiger partial charge in [0.15, 0.2) is 11.5 Å². The van der Waals surface area contributed by atoms with Gasteiger partial charge >= 0.3 is 12.0 Å². The van der Waals surface area contributed by atoms with Gasteiger partial charge in [-0.2, -0.15) is 0 Å². The van der Waals surface area contributed by atoms with E-state index in [1.165, 1.54) is 0 Å². The van der Waals surface area contributed by atoms with Gasteiger partial charge < -0.3 is 19.9 Å². The Bertz CT molecular complexity index is 798. The minimum atomic E-state index is -0.910. The van der Waals surface area contributed by atoms with Gasteiger partial charge in [-0.25, -0.2) is 4.79 Å². The lowest BCUT2D eigenvalue weighted by Crippen LogP contribution is -2.49. The van der Waals surface area contributed by atoms with E-state index < -0.39 is 23.9 Å². The predicted molar refractivity (Wildman–Crippen MR) is 98.2 cm³/mol. The highest BCUT2D eigenvalue weighted by Crippen LogP contribution is 2.39. The number of ether oxygens (including phenoxy) is 2. The van der Waals surface area contributed by atoms with E-state index in [0.29, 0.717) is 29.5 Å². The number of carboxylic acids is 1. The molecule has 0 bridgehead atoms. The summed E-state index contributed by atoms with van der Waals surface area (Å²) in [6.45, 7) is 0.0267. The molecule has 3 N–H and O–H groups in total. The Labute approximate surface area is 162 Å². The number of carbonyl (C=O) groups is 3. The highest BCUT2D eigenvalue weighted by atomic mass is 16.7. The number of carboxylic acid groups (broad SMARTS) is 1. The first kappa shape index (κ1) is 18.5. The first-order valence-corrected chi connectivity index (χ1v) is 9.50. The summed E-state index contributed by atoms with van der Waals surface area (Å²) < 4.78 is 10.5. The Hall–Kier alpha value is -2.81. The molecule has 3 aliphatic rings. The molecule has 2 heterocycles. The molecule has 1 saturated heterocycles. The largest absolute Gasteiger partial charge is 0.480 e. The average molecular weight is 389 g/mol. The summed E-state index contributed by atoms with van der Waals surface area (Å²) in [4.78, 5) is 37.9. The minimum absolute atomic E-state index is 0.0949. The van der Waals surface area contributed by atoms with Gasteiger partial charge in [-0.05, 0) is 37.3 Å². The quantitative estimate of drug-likeness (QED) is 0.718. The van der Waals surface area contributed by atoms with E-state index in [4.69, 9.17) is 9.47 Å². The molecule has 0 aromatic heterocycles. The van der Waals surface area contributed by atoms with Crippen LogP contribution < -0.4 is 20.1 Å². The van der Waals surface area contributed by atoms with E-state index >= 15 is 0 Å². The summed E-state index contributed by atoms with van der Waals surface area (Å²) >= 11 is 0. The minimum Gasteiger partial charge on any atom is -0.480 e. The second kappa shape index (κ2) is 7.67. The fourth-order valence-electron chi connectivity index (χ4n) is 4.49. The molecule has 0 spiro atoms. The maximum absolute atomic E-state index is 12.4. The van der Waals surface area contributed by atoms with Crippen LogP contribution in [-0.4, -0.2) is 53.3 Å². The number of fused-ring (bicyclic) bond motifs is 2. The van der Waals surface area contributed by atoms with Crippen LogP contribution in [0.3, 0.4) is 0 Å². The zero-order valence-corrected chi connectivity index (χ0v) is 15.3. The molecule has 2 aliphatic heterocycles. The van der Waals surface area contributed by atoms with Gasteiger partial charge in [-0.15, -0.1) is 0 Å². The third kappa shape index (κ3) is 3.75. The average Bonchev–Trinajstić information content (AvgIpc) is 3.26. The van der Waals surface area contributed by atoms with Crippen LogP contribution in [0, 0.1) is 5.92 Å². The first-order chi connectivity index (χ1) is 13.5. The number of urea groups is 1. The fourth-order valence-corrected chi connectivity index (χ4v) is 4.49. The molecule has 3 amide bonds. The number of hydrogen-bond acceptors (Lipinski definition) is 6. The van der Waals surface area contributed by atoms with Crippen LogP contribution in [0.15, 0.2) is 18.2 Å². The number of likely N-dealkylation sites (tertiary alicyclic amines) is 1. The topological polar surface area (TPSA) is 117 Å². The molecule has 28 heavy (non-hydrogen) atoms. The molecular weight excluding hydrogens is 366 g/mol. The maximum atomic E-state index is 12.4. The van der Waals surface area contributed by atoms with Crippen LogP contribution in [-0.2, 0) is 9.59 Å². The lowest BCUT2D eigenvalue weighted by molar-refractivity contribution is -0.143. The first-order valence-electron chi connectivity index (χ1n) is 9.50. The predicted octanol–water partition coefficient (Wildman–Crippen LogP) is 1.78. The lowest BCUT2D eigenvalue weighted by atomic mass is 9.85. The van der Waals surface area contributed by atoms with Crippen molar-refractivity contribution in [3.8, 4) is 11.5 Å². The summed E-state index contributed by atoms with van der Waals surface area (Å²) in [5.41, 5.74) is 0.464. The molecule has 1 saturated carbocycles. The summed E-state index contributed by atoms with van der Waals surface area (Å²) in [6, 6.07) is 3.68. The van der Waals surface area contributed by atoms with E-state index in [9.17, 15) is 19.5 Å². The van der Waals surface area contributed by atoms with Crippen molar-refractivity contribution in [1.82, 2.24) is 10.2 Å². The van der Waals surface area contributed by atoms with E-state index in [-0.39, 0.29) is 19.4 Å². The number of rotatable bonds is 4. The number of imide groups is 1. The van der Waals surface area contributed by atoms with Crippen molar-refractivity contribution in [2.75, 3.05) is 18.7 Å². The van der Waals surface area contributed by atoms with Crippen LogP contribution in [0.5, 0.6) is 11.5 Å². The fraction of sp³-hybridized carbons (Fsp3) is 0.526. The zero-order chi connectivity index (χ0) is 19.7. The standard InChI is InChI=1S/C19H23N3O6/c23-17(9-22-13-4-2-1-3-11(13)7-14(22)18(24)25)21-19(26)20-12-5-6-15-16(8-12)28-10-27-15/h5-6,8,11,13-14H,1-4,7,9-10H2,(H,24,25)(H2,20,21,23,26). The van der Waals surface area contributed by atoms with Crippen LogP contribution >= 0.6 is 0 Å². The maximum Gasteiger partial charge on any atom is 0.325 e. The van der Waals surface area contributed by atoms with Gasteiger partial charge in [-0.3, -0.25) is 19.8 Å². The second-order valence-electron chi connectivity index (χ2n) is 7.44. The van der Waals surface area contributed by atoms with E-state index in [1.54, 1.807) is 23.1 Å². The van der Waals surface area contributed by atoms with Gasteiger partial charge in [0.2, 0.25) is 12.7 Å². The van der Waals surface area contributed by atoms with Gasteiger partial charge in [0, 0.05) is 17.8 Å². The van der Waals surface area contributed by atoms with Crippen LogP contribution in [0.25, 0.3) is 0 Å². The second-order valence-corrected chi connectivity index (χ2v) is 7.44. The number of amides is 3. The monoisotopic (exact) mass is 389 g/mol. The summed E-state index contributed by atoms with van der Waals surface area (Å²) in [7, 11) is 0. The highest BCUT2D eigenvalue weighted by molar-refractivity contribution is 6.02. The van der Waals surface area contributed by atoms with Crippen LogP contribution in [0.2, 0.25) is 0 Å². The Balaban J connectivity index is 1.35. The third-order valence-corrected chi connectivity index (χ3v) is 5.72.